The van der Waals surface area contributed by atoms with Gasteiger partial charge in [0.25, 0.3) is 5.91 Å². The van der Waals surface area contributed by atoms with E-state index >= 15 is 0 Å². The fourth-order valence-corrected chi connectivity index (χ4v) is 2.65. The van der Waals surface area contributed by atoms with Crippen molar-refractivity contribution in [3.05, 3.63) is 55.7 Å². The Labute approximate surface area is 153 Å². The van der Waals surface area contributed by atoms with Gasteiger partial charge in [0.1, 0.15) is 16.6 Å². The van der Waals surface area contributed by atoms with Crippen LogP contribution in [0.4, 0.5) is 0 Å². The summed E-state index contributed by atoms with van der Waals surface area (Å²) < 4.78 is 5.09. The number of carbonyl (C=O) groups is 1. The Morgan fingerprint density at radius 1 is 1.09 bits per heavy atom. The van der Waals surface area contributed by atoms with E-state index in [1.54, 1.807) is 7.11 Å². The van der Waals surface area contributed by atoms with E-state index in [4.69, 9.17) is 51.1 Å². The lowest BCUT2D eigenvalue weighted by molar-refractivity contribution is 0.0949. The molecule has 0 aliphatic carbocycles. The SMILES string of the molecule is COc1ccc(CCNC(=O)c2nc(Cl)c(Cl)c(Cl)c2Cl)cc1. The van der Waals surface area contributed by atoms with Crippen molar-refractivity contribution in [3.63, 3.8) is 0 Å². The van der Waals surface area contributed by atoms with Crippen molar-refractivity contribution in [1.29, 1.82) is 0 Å². The zero-order valence-corrected chi connectivity index (χ0v) is 15.0. The normalized spacial score (nSPS) is 10.5. The van der Waals surface area contributed by atoms with E-state index in [2.05, 4.69) is 10.3 Å². The maximum absolute atomic E-state index is 12.1. The van der Waals surface area contributed by atoms with Crippen LogP contribution in [0.15, 0.2) is 24.3 Å². The second-order valence-electron chi connectivity index (χ2n) is 4.55. The van der Waals surface area contributed by atoms with Gasteiger partial charge in [0.15, 0.2) is 0 Å². The van der Waals surface area contributed by atoms with E-state index in [0.717, 1.165) is 11.3 Å². The highest BCUT2D eigenvalue weighted by Gasteiger charge is 2.19. The van der Waals surface area contributed by atoms with Gasteiger partial charge in [-0.3, -0.25) is 4.79 Å². The molecular formula is C15H12Cl4N2O2. The highest BCUT2D eigenvalue weighted by molar-refractivity contribution is 6.52. The third-order valence-electron chi connectivity index (χ3n) is 3.06. The lowest BCUT2D eigenvalue weighted by Crippen LogP contribution is -2.27. The summed E-state index contributed by atoms with van der Waals surface area (Å²) >= 11 is 23.5. The fraction of sp³-hybridized carbons (Fsp3) is 0.200. The van der Waals surface area contributed by atoms with Crippen LogP contribution in [0.5, 0.6) is 5.75 Å². The summed E-state index contributed by atoms with van der Waals surface area (Å²) in [4.78, 5) is 16.0. The molecule has 2 aromatic rings. The lowest BCUT2D eigenvalue weighted by Gasteiger charge is -2.09. The number of hydrogen-bond donors (Lipinski definition) is 1. The Hall–Kier alpha value is -1.20. The van der Waals surface area contributed by atoms with Gasteiger partial charge >= 0.3 is 0 Å². The number of ether oxygens (including phenoxy) is 1. The predicted octanol–water partition coefficient (Wildman–Crippen LogP) is 4.68. The van der Waals surface area contributed by atoms with Crippen LogP contribution in [0, 0.1) is 0 Å². The molecule has 1 aromatic heterocycles. The van der Waals surface area contributed by atoms with Crippen molar-refractivity contribution in [2.45, 2.75) is 6.42 Å². The molecule has 8 heteroatoms. The van der Waals surface area contributed by atoms with Gasteiger partial charge in [-0.15, -0.1) is 0 Å². The Balaban J connectivity index is 2.00. The standard InChI is InChI=1S/C15H12Cl4N2O2/c1-23-9-4-2-8(3-5-9)6-7-20-15(22)13-11(17)10(16)12(18)14(19)21-13/h2-5H,6-7H2,1H3,(H,20,22). The molecule has 0 atom stereocenters. The smallest absolute Gasteiger partial charge is 0.271 e. The van der Waals surface area contributed by atoms with Gasteiger partial charge in [0.05, 0.1) is 22.2 Å². The van der Waals surface area contributed by atoms with Gasteiger partial charge in [-0.05, 0) is 24.1 Å². The molecule has 4 nitrogen and oxygen atoms in total. The Bertz CT molecular complexity index is 720. The van der Waals surface area contributed by atoms with Gasteiger partial charge in [0.2, 0.25) is 0 Å². The molecule has 0 spiro atoms. The van der Waals surface area contributed by atoms with Crippen LogP contribution in [0.2, 0.25) is 20.2 Å². The number of nitrogens with zero attached hydrogens (tertiary/aromatic N) is 1. The first kappa shape index (κ1) is 18.1. The van der Waals surface area contributed by atoms with Crippen molar-refractivity contribution < 1.29 is 9.53 Å². The summed E-state index contributed by atoms with van der Waals surface area (Å²) in [6.07, 6.45) is 0.641. The predicted molar refractivity (Wildman–Crippen MR) is 93.3 cm³/mol. The van der Waals surface area contributed by atoms with Crippen LogP contribution < -0.4 is 10.1 Å². The van der Waals surface area contributed by atoms with E-state index in [-0.39, 0.29) is 25.9 Å². The van der Waals surface area contributed by atoms with Crippen LogP contribution in [-0.4, -0.2) is 24.5 Å². The van der Waals surface area contributed by atoms with Gasteiger partial charge in [-0.1, -0.05) is 58.5 Å². The summed E-state index contributed by atoms with van der Waals surface area (Å²) in [5, 5.41) is 2.65. The average molecular weight is 394 g/mol. The molecule has 0 fully saturated rings. The van der Waals surface area contributed by atoms with Crippen molar-refractivity contribution in [2.24, 2.45) is 0 Å². The highest BCUT2D eigenvalue weighted by Crippen LogP contribution is 2.35. The zero-order valence-electron chi connectivity index (χ0n) is 12.0. The molecule has 23 heavy (non-hydrogen) atoms. The maximum Gasteiger partial charge on any atom is 0.271 e. The molecular weight excluding hydrogens is 382 g/mol. The van der Waals surface area contributed by atoms with E-state index in [9.17, 15) is 4.79 Å². The second-order valence-corrected chi connectivity index (χ2v) is 6.04. The first-order valence-corrected chi connectivity index (χ1v) is 8.06. The average Bonchev–Trinajstić information content (AvgIpc) is 2.56. The van der Waals surface area contributed by atoms with E-state index in [1.807, 2.05) is 24.3 Å². The quantitative estimate of drug-likeness (QED) is 0.750. The summed E-state index contributed by atoms with van der Waals surface area (Å²) in [6.45, 7) is 0.404. The number of halogens is 4. The summed E-state index contributed by atoms with van der Waals surface area (Å²) in [6, 6.07) is 7.56. The number of amides is 1. The van der Waals surface area contributed by atoms with Gasteiger partial charge in [-0.2, -0.15) is 0 Å². The summed E-state index contributed by atoms with van der Waals surface area (Å²) in [5.41, 5.74) is 0.998. The number of nitrogens with one attached hydrogen (secondary N) is 1. The Morgan fingerprint density at radius 2 is 1.74 bits per heavy atom. The molecule has 122 valence electrons. The minimum absolute atomic E-state index is 0.00800. The molecule has 0 saturated heterocycles. The summed E-state index contributed by atoms with van der Waals surface area (Å²) in [5.74, 6) is 0.309. The molecule has 2 rings (SSSR count). The first-order chi connectivity index (χ1) is 10.9. The number of benzene rings is 1. The molecule has 0 aliphatic rings. The minimum atomic E-state index is -0.469. The topological polar surface area (TPSA) is 51.2 Å². The lowest BCUT2D eigenvalue weighted by atomic mass is 10.1. The van der Waals surface area contributed by atoms with Crippen molar-refractivity contribution in [3.8, 4) is 5.75 Å². The molecule has 1 amide bonds. The van der Waals surface area contributed by atoms with Gasteiger partial charge in [0, 0.05) is 6.54 Å². The van der Waals surface area contributed by atoms with Gasteiger partial charge in [-0.25, -0.2) is 4.98 Å². The van der Waals surface area contributed by atoms with E-state index < -0.39 is 5.91 Å². The number of rotatable bonds is 5. The molecule has 1 N–H and O–H groups in total. The molecule has 1 aromatic carbocycles. The Kier molecular flexibility index (Phi) is 6.36. The first-order valence-electron chi connectivity index (χ1n) is 6.55. The van der Waals surface area contributed by atoms with Crippen LogP contribution in [0.3, 0.4) is 0 Å². The third-order valence-corrected chi connectivity index (χ3v) is 4.74. The molecule has 0 aliphatic heterocycles. The van der Waals surface area contributed by atoms with Crippen molar-refractivity contribution in [1.82, 2.24) is 10.3 Å². The molecule has 1 heterocycles. The van der Waals surface area contributed by atoms with E-state index in [1.165, 1.54) is 0 Å². The molecule has 0 radical (unpaired) electrons. The second kappa shape index (κ2) is 8.06. The molecule has 0 bridgehead atoms. The summed E-state index contributed by atoms with van der Waals surface area (Å²) in [7, 11) is 1.61. The third kappa shape index (κ3) is 4.42. The van der Waals surface area contributed by atoms with Crippen LogP contribution in [0.25, 0.3) is 0 Å². The zero-order chi connectivity index (χ0) is 17.0. The highest BCUT2D eigenvalue weighted by atomic mass is 35.5. The number of hydrogen-bond acceptors (Lipinski definition) is 3. The van der Waals surface area contributed by atoms with E-state index in [0.29, 0.717) is 13.0 Å². The van der Waals surface area contributed by atoms with Crippen LogP contribution >= 0.6 is 46.4 Å². The van der Waals surface area contributed by atoms with Gasteiger partial charge < -0.3 is 10.1 Å². The van der Waals surface area contributed by atoms with Crippen molar-refractivity contribution >= 4 is 52.3 Å². The minimum Gasteiger partial charge on any atom is -0.497 e. The number of carbonyl (C=O) groups excluding carboxylic acids is 1. The van der Waals surface area contributed by atoms with Crippen LogP contribution in [-0.2, 0) is 6.42 Å². The van der Waals surface area contributed by atoms with Crippen LogP contribution in [0.1, 0.15) is 16.1 Å². The van der Waals surface area contributed by atoms with Crippen molar-refractivity contribution in [2.75, 3.05) is 13.7 Å². The number of pyridine rings is 1. The fourth-order valence-electron chi connectivity index (χ4n) is 1.83. The largest absolute Gasteiger partial charge is 0.497 e. The Morgan fingerprint density at radius 3 is 2.35 bits per heavy atom. The number of methoxy groups -OCH3 is 1. The number of aromatic nitrogens is 1. The molecule has 0 unspecified atom stereocenters. The molecule has 0 saturated carbocycles. The monoisotopic (exact) mass is 392 g/mol. The maximum atomic E-state index is 12.1.